The molecule has 2 N–H and O–H groups in total. The van der Waals surface area contributed by atoms with Crippen molar-refractivity contribution in [3.63, 3.8) is 0 Å². The molecule has 0 bridgehead atoms. The fourth-order valence-corrected chi connectivity index (χ4v) is 2.44. The number of fused-ring (bicyclic) bond motifs is 1. The predicted octanol–water partition coefficient (Wildman–Crippen LogP) is 2.68. The van der Waals surface area contributed by atoms with Crippen molar-refractivity contribution in [2.24, 2.45) is 0 Å². The van der Waals surface area contributed by atoms with E-state index in [4.69, 9.17) is 4.74 Å². The molecular formula is C15H17NO2. The third kappa shape index (κ3) is 2.14. The number of aromatic hydroxyl groups is 1. The molecule has 1 fully saturated rings. The maximum absolute atomic E-state index is 10.00. The summed E-state index contributed by atoms with van der Waals surface area (Å²) in [6.45, 7) is 1.96. The second-order valence-electron chi connectivity index (χ2n) is 4.70. The van der Waals surface area contributed by atoms with Crippen LogP contribution in [0.3, 0.4) is 0 Å². The van der Waals surface area contributed by atoms with Gasteiger partial charge in [-0.2, -0.15) is 0 Å². The summed E-state index contributed by atoms with van der Waals surface area (Å²) >= 11 is 0. The SMILES string of the molecule is Oc1ccc2ccccc2c1OC1CCNCC1. The highest BCUT2D eigenvalue weighted by molar-refractivity contribution is 5.90. The van der Waals surface area contributed by atoms with Gasteiger partial charge in [-0.05, 0) is 37.4 Å². The summed E-state index contributed by atoms with van der Waals surface area (Å²) in [4.78, 5) is 0. The van der Waals surface area contributed by atoms with Crippen LogP contribution in [0.25, 0.3) is 10.8 Å². The van der Waals surface area contributed by atoms with Crippen LogP contribution in [0.2, 0.25) is 0 Å². The Balaban J connectivity index is 1.96. The molecule has 3 heteroatoms. The first kappa shape index (κ1) is 11.4. The maximum Gasteiger partial charge on any atom is 0.169 e. The summed E-state index contributed by atoms with van der Waals surface area (Å²) < 4.78 is 6.01. The number of phenolic OH excluding ortho intramolecular Hbond substituents is 1. The van der Waals surface area contributed by atoms with Crippen LogP contribution in [0.1, 0.15) is 12.8 Å². The first-order valence-corrected chi connectivity index (χ1v) is 6.43. The number of piperidine rings is 1. The van der Waals surface area contributed by atoms with Gasteiger partial charge in [0.1, 0.15) is 6.10 Å². The van der Waals surface area contributed by atoms with E-state index in [9.17, 15) is 5.11 Å². The van der Waals surface area contributed by atoms with Gasteiger partial charge in [0.15, 0.2) is 11.5 Å². The number of hydrogen-bond donors (Lipinski definition) is 2. The Hall–Kier alpha value is -1.74. The molecule has 18 heavy (non-hydrogen) atoms. The van der Waals surface area contributed by atoms with Crippen LogP contribution in [-0.4, -0.2) is 24.3 Å². The molecule has 0 atom stereocenters. The van der Waals surface area contributed by atoms with Crippen molar-refractivity contribution in [1.82, 2.24) is 5.32 Å². The van der Waals surface area contributed by atoms with Crippen LogP contribution >= 0.6 is 0 Å². The number of hydrogen-bond acceptors (Lipinski definition) is 3. The lowest BCUT2D eigenvalue weighted by Gasteiger charge is -2.24. The highest BCUT2D eigenvalue weighted by atomic mass is 16.5. The number of rotatable bonds is 2. The van der Waals surface area contributed by atoms with Gasteiger partial charge in [-0.1, -0.05) is 30.3 Å². The van der Waals surface area contributed by atoms with Gasteiger partial charge >= 0.3 is 0 Å². The third-order valence-electron chi connectivity index (χ3n) is 3.43. The van der Waals surface area contributed by atoms with Crippen LogP contribution in [0.5, 0.6) is 11.5 Å². The summed E-state index contributed by atoms with van der Waals surface area (Å²) in [6.07, 6.45) is 2.17. The zero-order valence-corrected chi connectivity index (χ0v) is 10.2. The van der Waals surface area contributed by atoms with Gasteiger partial charge in [0.05, 0.1) is 0 Å². The van der Waals surface area contributed by atoms with Gasteiger partial charge in [-0.25, -0.2) is 0 Å². The predicted molar refractivity (Wildman–Crippen MR) is 72.1 cm³/mol. The molecule has 3 nitrogen and oxygen atoms in total. The Labute approximate surface area is 106 Å². The van der Waals surface area contributed by atoms with E-state index < -0.39 is 0 Å². The molecule has 2 aromatic carbocycles. The van der Waals surface area contributed by atoms with E-state index in [-0.39, 0.29) is 11.9 Å². The molecule has 1 aliphatic heterocycles. The topological polar surface area (TPSA) is 41.5 Å². The van der Waals surface area contributed by atoms with Crippen LogP contribution in [0.15, 0.2) is 36.4 Å². The molecule has 3 rings (SSSR count). The zero-order chi connectivity index (χ0) is 12.4. The average molecular weight is 243 g/mol. The molecule has 0 saturated carbocycles. The number of benzene rings is 2. The Morgan fingerprint density at radius 3 is 2.67 bits per heavy atom. The van der Waals surface area contributed by atoms with Crippen molar-refractivity contribution in [2.45, 2.75) is 18.9 Å². The molecule has 2 aromatic rings. The van der Waals surface area contributed by atoms with E-state index >= 15 is 0 Å². The highest BCUT2D eigenvalue weighted by Gasteiger charge is 2.17. The molecule has 1 saturated heterocycles. The largest absolute Gasteiger partial charge is 0.504 e. The quantitative estimate of drug-likeness (QED) is 0.852. The van der Waals surface area contributed by atoms with Gasteiger partial charge in [0, 0.05) is 5.39 Å². The fraction of sp³-hybridized carbons (Fsp3) is 0.333. The smallest absolute Gasteiger partial charge is 0.169 e. The van der Waals surface area contributed by atoms with E-state index in [0.29, 0.717) is 5.75 Å². The lowest BCUT2D eigenvalue weighted by atomic mass is 10.1. The molecule has 0 aromatic heterocycles. The Morgan fingerprint density at radius 2 is 1.83 bits per heavy atom. The van der Waals surface area contributed by atoms with Crippen LogP contribution < -0.4 is 10.1 Å². The lowest BCUT2D eigenvalue weighted by Crippen LogP contribution is -2.34. The van der Waals surface area contributed by atoms with E-state index in [0.717, 1.165) is 36.7 Å². The molecule has 0 amide bonds. The minimum atomic E-state index is 0.197. The van der Waals surface area contributed by atoms with Gasteiger partial charge in [0.2, 0.25) is 0 Å². The van der Waals surface area contributed by atoms with Crippen LogP contribution in [-0.2, 0) is 0 Å². The van der Waals surface area contributed by atoms with E-state index in [2.05, 4.69) is 5.32 Å². The highest BCUT2D eigenvalue weighted by Crippen LogP contribution is 2.36. The minimum Gasteiger partial charge on any atom is -0.504 e. The van der Waals surface area contributed by atoms with Crippen molar-refractivity contribution < 1.29 is 9.84 Å². The summed E-state index contributed by atoms with van der Waals surface area (Å²) in [5.74, 6) is 0.854. The monoisotopic (exact) mass is 243 g/mol. The van der Waals surface area contributed by atoms with Gasteiger partial charge in [-0.15, -0.1) is 0 Å². The number of phenols is 1. The van der Waals surface area contributed by atoms with Crippen LogP contribution in [0, 0.1) is 0 Å². The van der Waals surface area contributed by atoms with Gasteiger partial charge < -0.3 is 15.2 Å². The standard InChI is InChI=1S/C15H17NO2/c17-14-6-5-11-3-1-2-4-13(11)15(14)18-12-7-9-16-10-8-12/h1-6,12,16-17H,7-10H2. The molecule has 1 aliphatic rings. The van der Waals surface area contributed by atoms with Crippen molar-refractivity contribution in [2.75, 3.05) is 13.1 Å². The normalized spacial score (nSPS) is 16.9. The summed E-state index contributed by atoms with van der Waals surface area (Å²) in [7, 11) is 0. The average Bonchev–Trinajstić information content (AvgIpc) is 2.43. The first-order chi connectivity index (χ1) is 8.84. The second-order valence-corrected chi connectivity index (χ2v) is 4.70. The molecular weight excluding hydrogens is 226 g/mol. The van der Waals surface area contributed by atoms with E-state index in [1.807, 2.05) is 30.3 Å². The Morgan fingerprint density at radius 1 is 1.06 bits per heavy atom. The van der Waals surface area contributed by atoms with E-state index in [1.54, 1.807) is 6.07 Å². The Kier molecular flexibility index (Phi) is 3.07. The molecule has 0 unspecified atom stereocenters. The number of ether oxygens (including phenoxy) is 1. The Bertz CT molecular complexity index is 547. The summed E-state index contributed by atoms with van der Waals surface area (Å²) in [6, 6.07) is 11.6. The molecule has 0 spiro atoms. The first-order valence-electron chi connectivity index (χ1n) is 6.43. The van der Waals surface area contributed by atoms with Crippen LogP contribution in [0.4, 0.5) is 0 Å². The molecule has 94 valence electrons. The fourth-order valence-electron chi connectivity index (χ4n) is 2.44. The molecule has 0 aliphatic carbocycles. The van der Waals surface area contributed by atoms with Crippen molar-refractivity contribution in [3.8, 4) is 11.5 Å². The van der Waals surface area contributed by atoms with Crippen molar-refractivity contribution in [1.29, 1.82) is 0 Å². The summed E-state index contributed by atoms with van der Waals surface area (Å²) in [5.41, 5.74) is 0. The number of nitrogens with one attached hydrogen (secondary N) is 1. The minimum absolute atomic E-state index is 0.197. The molecule has 1 heterocycles. The summed E-state index contributed by atoms with van der Waals surface area (Å²) in [5, 5.41) is 15.4. The third-order valence-corrected chi connectivity index (χ3v) is 3.43. The van der Waals surface area contributed by atoms with Gasteiger partial charge in [-0.3, -0.25) is 0 Å². The molecule has 0 radical (unpaired) electrons. The lowest BCUT2D eigenvalue weighted by molar-refractivity contribution is 0.159. The second kappa shape index (κ2) is 4.86. The van der Waals surface area contributed by atoms with Crippen molar-refractivity contribution >= 4 is 10.8 Å². The zero-order valence-electron chi connectivity index (χ0n) is 10.2. The van der Waals surface area contributed by atoms with Gasteiger partial charge in [0.25, 0.3) is 0 Å². The van der Waals surface area contributed by atoms with Crippen molar-refractivity contribution in [3.05, 3.63) is 36.4 Å². The van der Waals surface area contributed by atoms with E-state index in [1.165, 1.54) is 0 Å². The maximum atomic E-state index is 10.00.